The highest BCUT2D eigenvalue weighted by atomic mass is 32.1. The van der Waals surface area contributed by atoms with Crippen LogP contribution < -0.4 is 5.32 Å². The molecule has 33 heavy (non-hydrogen) atoms. The molecule has 1 aromatic carbocycles. The molecule has 0 bridgehead atoms. The summed E-state index contributed by atoms with van der Waals surface area (Å²) in [6, 6.07) is 7.14. The smallest absolute Gasteiger partial charge is 0.245 e. The third-order valence-electron chi connectivity index (χ3n) is 5.20. The van der Waals surface area contributed by atoms with E-state index in [0.717, 1.165) is 27.2 Å². The van der Waals surface area contributed by atoms with E-state index in [1.807, 2.05) is 62.2 Å². The topological polar surface area (TPSA) is 75.4 Å². The Kier molecular flexibility index (Phi) is 7.95. The fourth-order valence-electron chi connectivity index (χ4n) is 3.88. The first-order chi connectivity index (χ1) is 15.5. The summed E-state index contributed by atoms with van der Waals surface area (Å²) in [5.41, 5.74) is 2.50. The Labute approximate surface area is 200 Å². The number of fused-ring (bicyclic) bond motifs is 1. The normalized spacial score (nSPS) is 12.8. The monoisotopic (exact) mass is 469 g/mol. The van der Waals surface area contributed by atoms with Gasteiger partial charge in [0.15, 0.2) is 0 Å². The van der Waals surface area contributed by atoms with Crippen molar-refractivity contribution < 1.29 is 14.0 Å². The number of nitrogens with one attached hydrogen (secondary N) is 1. The molecule has 2 aromatic heterocycles. The zero-order chi connectivity index (χ0) is 24.2. The van der Waals surface area contributed by atoms with Gasteiger partial charge >= 0.3 is 0 Å². The van der Waals surface area contributed by atoms with Crippen LogP contribution in [-0.4, -0.2) is 34.3 Å². The molecule has 0 aliphatic rings. The first-order valence-electron chi connectivity index (χ1n) is 11.5. The molecule has 2 amide bonds. The predicted molar refractivity (Wildman–Crippen MR) is 133 cm³/mol. The van der Waals surface area contributed by atoms with Crippen molar-refractivity contribution in [1.82, 2.24) is 15.2 Å². The lowest BCUT2D eigenvalue weighted by atomic mass is 9.91. The number of carbonyl (C=O) groups excluding carboxylic acids is 2. The number of hydrogen-bond donors (Lipinski definition) is 1. The van der Waals surface area contributed by atoms with Crippen LogP contribution in [-0.2, 0) is 22.6 Å². The van der Waals surface area contributed by atoms with Crippen LogP contribution >= 0.6 is 11.3 Å². The van der Waals surface area contributed by atoms with Gasteiger partial charge in [-0.25, -0.2) is 4.98 Å². The average Bonchev–Trinajstić information content (AvgIpc) is 3.32. The number of nitrogens with zero attached hydrogens (tertiary/aromatic N) is 2. The number of amides is 2. The lowest BCUT2D eigenvalue weighted by molar-refractivity contribution is -0.137. The van der Waals surface area contributed by atoms with Gasteiger partial charge in [0.2, 0.25) is 11.8 Å². The summed E-state index contributed by atoms with van der Waals surface area (Å²) in [7, 11) is 0. The Bertz CT molecular complexity index is 1090. The Hall–Kier alpha value is -2.67. The van der Waals surface area contributed by atoms with Crippen LogP contribution in [0.3, 0.4) is 0 Å². The number of thiazole rings is 1. The van der Waals surface area contributed by atoms with Crippen molar-refractivity contribution in [3.05, 3.63) is 52.2 Å². The van der Waals surface area contributed by atoms with Crippen LogP contribution in [0.4, 0.5) is 0 Å². The summed E-state index contributed by atoms with van der Waals surface area (Å²) in [5.74, 6) is 0.102. The zero-order valence-corrected chi connectivity index (χ0v) is 21.3. The van der Waals surface area contributed by atoms with E-state index < -0.39 is 6.04 Å². The Morgan fingerprint density at radius 1 is 1.21 bits per heavy atom. The van der Waals surface area contributed by atoms with Gasteiger partial charge in [0, 0.05) is 30.2 Å². The van der Waals surface area contributed by atoms with Crippen LogP contribution in [0, 0.1) is 18.3 Å². The van der Waals surface area contributed by atoms with Crippen LogP contribution in [0.5, 0.6) is 0 Å². The molecule has 0 radical (unpaired) electrons. The van der Waals surface area contributed by atoms with E-state index >= 15 is 0 Å². The minimum Gasteiger partial charge on any atom is -0.464 e. The van der Waals surface area contributed by atoms with E-state index in [4.69, 9.17) is 4.42 Å². The largest absolute Gasteiger partial charge is 0.464 e. The van der Waals surface area contributed by atoms with Gasteiger partial charge in [0.25, 0.3) is 0 Å². The van der Waals surface area contributed by atoms with Crippen molar-refractivity contribution in [3.8, 4) is 0 Å². The van der Waals surface area contributed by atoms with Crippen LogP contribution in [0.2, 0.25) is 0 Å². The van der Waals surface area contributed by atoms with Crippen molar-refractivity contribution in [3.63, 3.8) is 0 Å². The lowest BCUT2D eigenvalue weighted by Gasteiger charge is -2.29. The highest BCUT2D eigenvalue weighted by Crippen LogP contribution is 2.21. The van der Waals surface area contributed by atoms with E-state index in [9.17, 15) is 9.59 Å². The standard InChI is InChI=1S/C26H35N3O3S/c1-17(2)14-29(15-21-16-33-18(3)27-21)25(31)22(28-24(30)13-26(4,5)6)12-19-7-8-23-20(11-19)9-10-32-23/h7-11,16-17,22H,12-15H2,1-6H3,(H,28,30)/t22-/m1/s1. The SMILES string of the molecule is Cc1nc(CN(CC(C)C)C(=O)[C@@H](Cc2ccc3occc3c2)NC(=O)CC(C)(C)C)cs1. The Morgan fingerprint density at radius 2 is 1.97 bits per heavy atom. The van der Waals surface area contributed by atoms with Gasteiger partial charge in [-0.1, -0.05) is 40.7 Å². The molecule has 3 rings (SSSR count). The summed E-state index contributed by atoms with van der Waals surface area (Å²) < 4.78 is 5.44. The average molecular weight is 470 g/mol. The highest BCUT2D eigenvalue weighted by molar-refractivity contribution is 7.09. The third kappa shape index (κ3) is 7.42. The molecule has 0 unspecified atom stereocenters. The molecule has 7 heteroatoms. The van der Waals surface area contributed by atoms with E-state index in [1.165, 1.54) is 0 Å². The number of hydrogen-bond acceptors (Lipinski definition) is 5. The summed E-state index contributed by atoms with van der Waals surface area (Å²) >= 11 is 1.58. The van der Waals surface area contributed by atoms with Crippen LogP contribution in [0.15, 0.2) is 40.3 Å². The van der Waals surface area contributed by atoms with E-state index in [-0.39, 0.29) is 17.2 Å². The van der Waals surface area contributed by atoms with Gasteiger partial charge in [-0.15, -0.1) is 11.3 Å². The second-order valence-electron chi connectivity index (χ2n) is 10.3. The second-order valence-corrected chi connectivity index (χ2v) is 11.4. The number of furan rings is 1. The molecule has 6 nitrogen and oxygen atoms in total. The van der Waals surface area contributed by atoms with E-state index in [2.05, 4.69) is 24.1 Å². The minimum atomic E-state index is -0.650. The number of carbonyl (C=O) groups is 2. The maximum atomic E-state index is 13.8. The van der Waals surface area contributed by atoms with Gasteiger partial charge in [-0.05, 0) is 42.0 Å². The molecule has 0 spiro atoms. The molecule has 1 N–H and O–H groups in total. The first kappa shape index (κ1) is 25.0. The maximum absolute atomic E-state index is 13.8. The van der Waals surface area contributed by atoms with Gasteiger partial charge in [0.1, 0.15) is 11.6 Å². The van der Waals surface area contributed by atoms with Crippen molar-refractivity contribution in [1.29, 1.82) is 0 Å². The summed E-state index contributed by atoms with van der Waals surface area (Å²) in [6.07, 6.45) is 2.43. The Balaban J connectivity index is 1.86. The first-order valence-corrected chi connectivity index (χ1v) is 12.3. The molecule has 0 aliphatic heterocycles. The molecule has 0 aliphatic carbocycles. The molecule has 1 atom stereocenters. The minimum absolute atomic E-state index is 0.0797. The molecule has 0 saturated carbocycles. The van der Waals surface area contributed by atoms with Gasteiger partial charge in [-0.3, -0.25) is 9.59 Å². The van der Waals surface area contributed by atoms with Gasteiger partial charge < -0.3 is 14.6 Å². The van der Waals surface area contributed by atoms with Gasteiger partial charge in [0.05, 0.1) is 23.5 Å². The molecular formula is C26H35N3O3S. The number of aryl methyl sites for hydroxylation is 1. The summed E-state index contributed by atoms with van der Waals surface area (Å²) in [5, 5.41) is 6.99. The zero-order valence-electron chi connectivity index (χ0n) is 20.5. The van der Waals surface area contributed by atoms with Gasteiger partial charge in [-0.2, -0.15) is 0 Å². The molecule has 3 aromatic rings. The summed E-state index contributed by atoms with van der Waals surface area (Å²) in [6.45, 7) is 13.2. The number of rotatable bonds is 9. The number of aromatic nitrogens is 1. The van der Waals surface area contributed by atoms with Crippen LogP contribution in [0.25, 0.3) is 11.0 Å². The molecule has 0 saturated heterocycles. The number of benzene rings is 1. The van der Waals surface area contributed by atoms with Crippen molar-refractivity contribution >= 4 is 34.1 Å². The van der Waals surface area contributed by atoms with Crippen molar-refractivity contribution in [2.75, 3.05) is 6.54 Å². The molecule has 0 fully saturated rings. The summed E-state index contributed by atoms with van der Waals surface area (Å²) in [4.78, 5) is 33.0. The molecule has 2 heterocycles. The molecule has 178 valence electrons. The quantitative estimate of drug-likeness (QED) is 0.459. The Morgan fingerprint density at radius 3 is 2.61 bits per heavy atom. The predicted octanol–water partition coefficient (Wildman–Crippen LogP) is 5.35. The van der Waals surface area contributed by atoms with E-state index in [0.29, 0.717) is 31.8 Å². The highest BCUT2D eigenvalue weighted by Gasteiger charge is 2.29. The lowest BCUT2D eigenvalue weighted by Crippen LogP contribution is -2.50. The fraction of sp³-hybridized carbons (Fsp3) is 0.500. The van der Waals surface area contributed by atoms with Crippen LogP contribution in [0.1, 0.15) is 57.3 Å². The maximum Gasteiger partial charge on any atom is 0.245 e. The fourth-order valence-corrected chi connectivity index (χ4v) is 4.48. The van der Waals surface area contributed by atoms with E-state index in [1.54, 1.807) is 17.6 Å². The molecular weight excluding hydrogens is 434 g/mol. The second kappa shape index (κ2) is 10.5. The van der Waals surface area contributed by atoms with Crippen molar-refractivity contribution in [2.45, 2.75) is 67.0 Å². The van der Waals surface area contributed by atoms with Crippen molar-refractivity contribution in [2.24, 2.45) is 11.3 Å². The third-order valence-corrected chi connectivity index (χ3v) is 6.02.